The lowest BCUT2D eigenvalue weighted by Gasteiger charge is -2.35. The van der Waals surface area contributed by atoms with Crippen LogP contribution in [0.1, 0.15) is 26.7 Å². The second-order valence-electron chi connectivity index (χ2n) is 5.79. The molecule has 0 spiro atoms. The summed E-state index contributed by atoms with van der Waals surface area (Å²) in [7, 11) is 1.61. The summed E-state index contributed by atoms with van der Waals surface area (Å²) in [5.41, 5.74) is 0.538. The van der Waals surface area contributed by atoms with E-state index in [0.29, 0.717) is 12.0 Å². The molecule has 0 aromatic carbocycles. The van der Waals surface area contributed by atoms with Gasteiger partial charge in [0.1, 0.15) is 5.02 Å². The Hall–Kier alpha value is -1.07. The molecule has 0 aliphatic carbocycles. The van der Waals surface area contributed by atoms with Gasteiger partial charge in [0.15, 0.2) is 0 Å². The molecule has 1 unspecified atom stereocenters. The van der Waals surface area contributed by atoms with E-state index in [9.17, 15) is 4.79 Å². The van der Waals surface area contributed by atoms with E-state index in [1.165, 1.54) is 11.1 Å². The van der Waals surface area contributed by atoms with Crippen LogP contribution in [0.4, 0.5) is 5.69 Å². The van der Waals surface area contributed by atoms with Crippen molar-refractivity contribution in [3.63, 3.8) is 0 Å². The third-order valence-electron chi connectivity index (χ3n) is 3.73. The number of hydrogen-bond donors (Lipinski definition) is 1. The summed E-state index contributed by atoms with van der Waals surface area (Å²) >= 11 is 6.18. The monoisotopic (exact) mass is 298 g/mol. The first-order valence-corrected chi connectivity index (χ1v) is 7.57. The average molecular weight is 299 g/mol. The van der Waals surface area contributed by atoms with Gasteiger partial charge in [0.2, 0.25) is 0 Å². The fourth-order valence-electron chi connectivity index (χ4n) is 2.58. The molecule has 1 aromatic rings. The fourth-order valence-corrected chi connectivity index (χ4v) is 2.87. The number of nitrogens with zero attached hydrogens (tertiary/aromatic N) is 3. The van der Waals surface area contributed by atoms with E-state index in [1.807, 2.05) is 0 Å². The normalized spacial score (nSPS) is 19.6. The van der Waals surface area contributed by atoms with Crippen LogP contribution in [0, 0.1) is 5.92 Å². The number of aryl methyl sites for hydroxylation is 1. The molecule has 112 valence electrons. The van der Waals surface area contributed by atoms with Gasteiger partial charge in [-0.25, -0.2) is 4.68 Å². The van der Waals surface area contributed by atoms with E-state index in [4.69, 9.17) is 11.6 Å². The molecular formula is C14H23ClN4O. The molecule has 6 heteroatoms. The van der Waals surface area contributed by atoms with E-state index in [2.05, 4.69) is 29.2 Å². The van der Waals surface area contributed by atoms with E-state index in [-0.39, 0.29) is 10.6 Å². The highest BCUT2D eigenvalue weighted by Gasteiger charge is 2.23. The second kappa shape index (κ2) is 6.59. The van der Waals surface area contributed by atoms with E-state index in [1.54, 1.807) is 13.2 Å². The first kappa shape index (κ1) is 15.3. The molecule has 2 heterocycles. The summed E-state index contributed by atoms with van der Waals surface area (Å²) < 4.78 is 1.27. The summed E-state index contributed by atoms with van der Waals surface area (Å²) in [6, 6.07) is 0.500. The minimum atomic E-state index is -0.230. The third kappa shape index (κ3) is 3.52. The van der Waals surface area contributed by atoms with Crippen LogP contribution in [0.25, 0.3) is 0 Å². The summed E-state index contributed by atoms with van der Waals surface area (Å²) in [5.74, 6) is 0.589. The molecule has 1 fully saturated rings. The molecule has 1 aliphatic rings. The Kier molecular flexibility index (Phi) is 5.05. The lowest BCUT2D eigenvalue weighted by molar-refractivity contribution is 0.379. The van der Waals surface area contributed by atoms with Crippen LogP contribution >= 0.6 is 11.6 Å². The molecule has 1 atom stereocenters. The van der Waals surface area contributed by atoms with Crippen LogP contribution < -0.4 is 15.8 Å². The number of nitrogens with one attached hydrogen (secondary N) is 1. The minimum absolute atomic E-state index is 0.230. The van der Waals surface area contributed by atoms with Crippen molar-refractivity contribution in [3.05, 3.63) is 21.6 Å². The maximum Gasteiger partial charge on any atom is 0.287 e. The number of hydrogen-bond acceptors (Lipinski definition) is 4. The highest BCUT2D eigenvalue weighted by atomic mass is 35.5. The Balaban J connectivity index is 2.09. The van der Waals surface area contributed by atoms with Crippen LogP contribution in [0.15, 0.2) is 11.0 Å². The van der Waals surface area contributed by atoms with Crippen LogP contribution in [0.2, 0.25) is 5.02 Å². The van der Waals surface area contributed by atoms with Crippen molar-refractivity contribution in [2.24, 2.45) is 13.0 Å². The smallest absolute Gasteiger partial charge is 0.287 e. The predicted molar refractivity (Wildman–Crippen MR) is 82.6 cm³/mol. The molecule has 1 saturated heterocycles. The Morgan fingerprint density at radius 3 is 3.00 bits per heavy atom. The van der Waals surface area contributed by atoms with Crippen molar-refractivity contribution in [1.82, 2.24) is 15.1 Å². The Morgan fingerprint density at radius 2 is 2.30 bits per heavy atom. The average Bonchev–Trinajstić information content (AvgIpc) is 2.43. The predicted octanol–water partition coefficient (Wildman–Crippen LogP) is 1.65. The SMILES string of the molecule is CC(C)NCC1CCCN(c2cnn(C)c(=O)c2Cl)C1. The molecule has 1 aromatic heterocycles. The van der Waals surface area contributed by atoms with Gasteiger partial charge >= 0.3 is 0 Å². The Morgan fingerprint density at radius 1 is 1.55 bits per heavy atom. The lowest BCUT2D eigenvalue weighted by Crippen LogP contribution is -2.41. The molecule has 2 rings (SSSR count). The fraction of sp³-hybridized carbons (Fsp3) is 0.714. The number of halogens is 1. The summed E-state index contributed by atoms with van der Waals surface area (Å²) in [6.45, 7) is 7.18. The Bertz CT molecular complexity index is 514. The zero-order chi connectivity index (χ0) is 14.7. The lowest BCUT2D eigenvalue weighted by atomic mass is 9.97. The van der Waals surface area contributed by atoms with E-state index >= 15 is 0 Å². The summed E-state index contributed by atoms with van der Waals surface area (Å²) in [5, 5.41) is 7.84. The molecule has 0 radical (unpaired) electrons. The van der Waals surface area contributed by atoms with Crippen molar-refractivity contribution < 1.29 is 0 Å². The molecule has 0 saturated carbocycles. The van der Waals surface area contributed by atoms with E-state index in [0.717, 1.165) is 31.7 Å². The third-order valence-corrected chi connectivity index (χ3v) is 4.09. The number of anilines is 1. The van der Waals surface area contributed by atoms with Gasteiger partial charge in [-0.2, -0.15) is 5.10 Å². The van der Waals surface area contributed by atoms with Gasteiger partial charge in [-0.05, 0) is 25.3 Å². The summed E-state index contributed by atoms with van der Waals surface area (Å²) in [4.78, 5) is 14.0. The highest BCUT2D eigenvalue weighted by Crippen LogP contribution is 2.26. The van der Waals surface area contributed by atoms with E-state index < -0.39 is 0 Å². The van der Waals surface area contributed by atoms with Crippen molar-refractivity contribution >= 4 is 17.3 Å². The molecule has 1 aliphatic heterocycles. The molecule has 20 heavy (non-hydrogen) atoms. The first-order chi connectivity index (χ1) is 9.49. The van der Waals surface area contributed by atoms with Gasteiger partial charge < -0.3 is 10.2 Å². The van der Waals surface area contributed by atoms with Crippen molar-refractivity contribution in [2.75, 3.05) is 24.5 Å². The van der Waals surface area contributed by atoms with Gasteiger partial charge in [-0.3, -0.25) is 4.79 Å². The highest BCUT2D eigenvalue weighted by molar-refractivity contribution is 6.33. The van der Waals surface area contributed by atoms with Gasteiger partial charge in [0.05, 0.1) is 11.9 Å². The topological polar surface area (TPSA) is 50.2 Å². The number of aromatic nitrogens is 2. The minimum Gasteiger partial charge on any atom is -0.369 e. The van der Waals surface area contributed by atoms with Crippen molar-refractivity contribution in [2.45, 2.75) is 32.7 Å². The quantitative estimate of drug-likeness (QED) is 0.918. The maximum absolute atomic E-state index is 11.9. The molecular weight excluding hydrogens is 276 g/mol. The zero-order valence-electron chi connectivity index (χ0n) is 12.4. The van der Waals surface area contributed by atoms with Gasteiger partial charge in [0.25, 0.3) is 5.56 Å². The van der Waals surface area contributed by atoms with Crippen LogP contribution in [0.3, 0.4) is 0 Å². The van der Waals surface area contributed by atoms with Gasteiger partial charge in [-0.1, -0.05) is 25.4 Å². The molecule has 0 bridgehead atoms. The van der Waals surface area contributed by atoms with Gasteiger partial charge in [-0.15, -0.1) is 0 Å². The number of piperidine rings is 1. The first-order valence-electron chi connectivity index (χ1n) is 7.19. The molecule has 0 amide bonds. The maximum atomic E-state index is 11.9. The standard InChI is InChI=1S/C14H23ClN4O/c1-10(2)16-7-11-5-4-6-19(9-11)12-8-17-18(3)14(20)13(12)15/h8,10-11,16H,4-7,9H2,1-3H3. The molecule has 1 N–H and O–H groups in total. The summed E-state index contributed by atoms with van der Waals surface area (Å²) in [6.07, 6.45) is 4.03. The largest absolute Gasteiger partial charge is 0.369 e. The zero-order valence-corrected chi connectivity index (χ0v) is 13.2. The number of rotatable bonds is 4. The van der Waals surface area contributed by atoms with Crippen LogP contribution in [-0.4, -0.2) is 35.5 Å². The Labute approximate surface area is 124 Å². The van der Waals surface area contributed by atoms with Gasteiger partial charge in [0, 0.05) is 26.2 Å². The van der Waals surface area contributed by atoms with Crippen molar-refractivity contribution in [1.29, 1.82) is 0 Å². The van der Waals surface area contributed by atoms with Crippen molar-refractivity contribution in [3.8, 4) is 0 Å². The molecule has 5 nitrogen and oxygen atoms in total. The second-order valence-corrected chi connectivity index (χ2v) is 6.17. The van der Waals surface area contributed by atoms with Crippen LogP contribution in [-0.2, 0) is 7.05 Å². The van der Waals surface area contributed by atoms with Crippen LogP contribution in [0.5, 0.6) is 0 Å².